The fourth-order valence-electron chi connectivity index (χ4n) is 4.02. The first kappa shape index (κ1) is 21.6. The van der Waals surface area contributed by atoms with E-state index in [-0.39, 0.29) is 35.5 Å². The standard InChI is InChI=1S/C23H30N2O3S/c1-16(2)15-20(25-22(27)18-11-6-7-12-19(18)23(25)28)21(26)24-13-8-14-29-17-9-4-3-5-10-17/h3-7,9-10,16,18-20H,8,11-15H2,1-2H3,(H,24,26). The molecule has 6 heteroatoms. The summed E-state index contributed by atoms with van der Waals surface area (Å²) >= 11 is 1.75. The molecule has 1 fully saturated rings. The lowest BCUT2D eigenvalue weighted by molar-refractivity contribution is -0.148. The summed E-state index contributed by atoms with van der Waals surface area (Å²) in [5, 5.41) is 2.96. The Balaban J connectivity index is 1.56. The van der Waals surface area contributed by atoms with Crippen LogP contribution < -0.4 is 5.32 Å². The molecule has 0 aromatic heterocycles. The van der Waals surface area contributed by atoms with Gasteiger partial charge in [-0.15, -0.1) is 11.8 Å². The molecule has 0 bridgehead atoms. The summed E-state index contributed by atoms with van der Waals surface area (Å²) in [6.45, 7) is 4.56. The average Bonchev–Trinajstić information content (AvgIpc) is 2.97. The second kappa shape index (κ2) is 10.1. The minimum Gasteiger partial charge on any atom is -0.354 e. The Morgan fingerprint density at radius 1 is 1.10 bits per heavy atom. The molecule has 3 atom stereocenters. The first-order valence-electron chi connectivity index (χ1n) is 10.5. The van der Waals surface area contributed by atoms with Crippen LogP contribution in [0.3, 0.4) is 0 Å². The molecule has 0 spiro atoms. The smallest absolute Gasteiger partial charge is 0.243 e. The number of amides is 3. The van der Waals surface area contributed by atoms with Crippen LogP contribution >= 0.6 is 11.8 Å². The van der Waals surface area contributed by atoms with Gasteiger partial charge in [0.05, 0.1) is 11.8 Å². The highest BCUT2D eigenvalue weighted by Gasteiger charge is 2.51. The first-order valence-corrected chi connectivity index (χ1v) is 11.4. The lowest BCUT2D eigenvalue weighted by Gasteiger charge is -2.27. The SMILES string of the molecule is CC(C)CC(C(=O)NCCCSc1ccccc1)N1C(=O)C2CC=CCC2C1=O. The molecule has 1 aliphatic heterocycles. The molecule has 3 unspecified atom stereocenters. The molecule has 29 heavy (non-hydrogen) atoms. The maximum atomic E-state index is 12.9. The number of benzene rings is 1. The van der Waals surface area contributed by atoms with Crippen LogP contribution in [0, 0.1) is 17.8 Å². The predicted octanol–water partition coefficient (Wildman–Crippen LogP) is 3.65. The summed E-state index contributed by atoms with van der Waals surface area (Å²) in [6, 6.07) is 9.45. The number of nitrogens with one attached hydrogen (secondary N) is 1. The highest BCUT2D eigenvalue weighted by atomic mass is 32.2. The number of likely N-dealkylation sites (tertiary alicyclic amines) is 1. The van der Waals surface area contributed by atoms with Gasteiger partial charge in [-0.3, -0.25) is 19.3 Å². The molecule has 0 radical (unpaired) electrons. The molecular weight excluding hydrogens is 384 g/mol. The molecule has 1 heterocycles. The fraction of sp³-hybridized carbons (Fsp3) is 0.522. The van der Waals surface area contributed by atoms with Crippen molar-refractivity contribution in [3.8, 4) is 0 Å². The summed E-state index contributed by atoms with van der Waals surface area (Å²) in [4.78, 5) is 41.2. The average molecular weight is 415 g/mol. The number of hydrogen-bond acceptors (Lipinski definition) is 4. The predicted molar refractivity (Wildman–Crippen MR) is 115 cm³/mol. The Morgan fingerprint density at radius 3 is 2.31 bits per heavy atom. The van der Waals surface area contributed by atoms with E-state index in [0.29, 0.717) is 25.8 Å². The van der Waals surface area contributed by atoms with Crippen molar-refractivity contribution in [2.45, 2.75) is 50.5 Å². The second-order valence-corrected chi connectivity index (χ2v) is 9.32. The van der Waals surface area contributed by atoms with Crippen LogP contribution in [0.1, 0.15) is 39.5 Å². The van der Waals surface area contributed by atoms with Gasteiger partial charge in [0.15, 0.2) is 0 Å². The zero-order valence-corrected chi connectivity index (χ0v) is 18.0. The zero-order valence-electron chi connectivity index (χ0n) is 17.2. The van der Waals surface area contributed by atoms with E-state index in [9.17, 15) is 14.4 Å². The second-order valence-electron chi connectivity index (χ2n) is 8.15. The summed E-state index contributed by atoms with van der Waals surface area (Å²) in [5.74, 6) is -0.0437. The molecule has 1 saturated heterocycles. The largest absolute Gasteiger partial charge is 0.354 e. The number of hydrogen-bond donors (Lipinski definition) is 1. The highest BCUT2D eigenvalue weighted by molar-refractivity contribution is 7.99. The first-order chi connectivity index (χ1) is 14.0. The van der Waals surface area contributed by atoms with E-state index in [1.807, 2.05) is 44.2 Å². The molecule has 3 rings (SSSR count). The lowest BCUT2D eigenvalue weighted by Crippen LogP contribution is -2.50. The summed E-state index contributed by atoms with van der Waals surface area (Å²) in [6.07, 6.45) is 6.46. The van der Waals surface area contributed by atoms with Crippen LogP contribution in [0.25, 0.3) is 0 Å². The highest BCUT2D eigenvalue weighted by Crippen LogP contribution is 2.37. The third-order valence-electron chi connectivity index (χ3n) is 5.48. The van der Waals surface area contributed by atoms with Gasteiger partial charge in [-0.1, -0.05) is 44.2 Å². The van der Waals surface area contributed by atoms with Gasteiger partial charge in [0, 0.05) is 11.4 Å². The summed E-state index contributed by atoms with van der Waals surface area (Å²) < 4.78 is 0. The van der Waals surface area contributed by atoms with Crippen LogP contribution in [0.15, 0.2) is 47.4 Å². The number of nitrogens with zero attached hydrogens (tertiary/aromatic N) is 1. The number of fused-ring (bicyclic) bond motifs is 1. The Bertz CT molecular complexity index is 737. The molecule has 1 N–H and O–H groups in total. The molecule has 1 aromatic carbocycles. The monoisotopic (exact) mass is 414 g/mol. The Hall–Kier alpha value is -2.08. The van der Waals surface area contributed by atoms with Gasteiger partial charge >= 0.3 is 0 Å². The topological polar surface area (TPSA) is 66.5 Å². The quantitative estimate of drug-likeness (QED) is 0.290. The van der Waals surface area contributed by atoms with Gasteiger partial charge in [-0.25, -0.2) is 0 Å². The minimum atomic E-state index is -0.706. The number of rotatable bonds is 9. The van der Waals surface area contributed by atoms with Gasteiger partial charge in [-0.2, -0.15) is 0 Å². The van der Waals surface area contributed by atoms with Gasteiger partial charge < -0.3 is 5.32 Å². The van der Waals surface area contributed by atoms with Crippen LogP contribution in [-0.4, -0.2) is 41.0 Å². The fourth-order valence-corrected chi connectivity index (χ4v) is 4.89. The molecule has 156 valence electrons. The van der Waals surface area contributed by atoms with Crippen molar-refractivity contribution in [2.24, 2.45) is 17.8 Å². The van der Waals surface area contributed by atoms with Crippen molar-refractivity contribution in [1.29, 1.82) is 0 Å². The zero-order chi connectivity index (χ0) is 20.8. The number of carbonyl (C=O) groups is 3. The van der Waals surface area contributed by atoms with Crippen molar-refractivity contribution < 1.29 is 14.4 Å². The molecule has 1 aromatic rings. The summed E-state index contributed by atoms with van der Waals surface area (Å²) in [7, 11) is 0. The number of allylic oxidation sites excluding steroid dienone is 2. The van der Waals surface area contributed by atoms with Crippen LogP contribution in [-0.2, 0) is 14.4 Å². The minimum absolute atomic E-state index is 0.176. The van der Waals surface area contributed by atoms with E-state index in [1.54, 1.807) is 11.8 Å². The maximum Gasteiger partial charge on any atom is 0.243 e. The van der Waals surface area contributed by atoms with E-state index < -0.39 is 6.04 Å². The molecule has 3 amide bonds. The van der Waals surface area contributed by atoms with Crippen LogP contribution in [0.5, 0.6) is 0 Å². The number of carbonyl (C=O) groups excluding carboxylic acids is 3. The van der Waals surface area contributed by atoms with Gasteiger partial charge in [0.1, 0.15) is 6.04 Å². The molecule has 2 aliphatic rings. The van der Waals surface area contributed by atoms with E-state index in [4.69, 9.17) is 0 Å². The van der Waals surface area contributed by atoms with E-state index in [2.05, 4.69) is 17.4 Å². The normalized spacial score (nSPS) is 22.1. The lowest BCUT2D eigenvalue weighted by atomic mass is 9.85. The van der Waals surface area contributed by atoms with E-state index >= 15 is 0 Å². The maximum absolute atomic E-state index is 12.9. The van der Waals surface area contributed by atoms with Crippen molar-refractivity contribution in [3.63, 3.8) is 0 Å². The van der Waals surface area contributed by atoms with Crippen molar-refractivity contribution in [2.75, 3.05) is 12.3 Å². The van der Waals surface area contributed by atoms with E-state index in [0.717, 1.165) is 12.2 Å². The Labute approximate surface area is 177 Å². The number of thioether (sulfide) groups is 1. The van der Waals surface area contributed by atoms with Crippen molar-refractivity contribution >= 4 is 29.5 Å². The van der Waals surface area contributed by atoms with Gasteiger partial charge in [0.2, 0.25) is 17.7 Å². The molecule has 1 aliphatic carbocycles. The van der Waals surface area contributed by atoms with E-state index in [1.165, 1.54) is 9.80 Å². The van der Waals surface area contributed by atoms with Crippen molar-refractivity contribution in [3.05, 3.63) is 42.5 Å². The molecule has 0 saturated carbocycles. The van der Waals surface area contributed by atoms with Gasteiger partial charge in [0.25, 0.3) is 0 Å². The van der Waals surface area contributed by atoms with Crippen LogP contribution in [0.2, 0.25) is 0 Å². The van der Waals surface area contributed by atoms with Gasteiger partial charge in [-0.05, 0) is 49.5 Å². The molecule has 5 nitrogen and oxygen atoms in total. The number of imide groups is 1. The Morgan fingerprint density at radius 2 is 1.72 bits per heavy atom. The van der Waals surface area contributed by atoms with Crippen LogP contribution in [0.4, 0.5) is 0 Å². The van der Waals surface area contributed by atoms with Crippen molar-refractivity contribution in [1.82, 2.24) is 10.2 Å². The molecular formula is C23H30N2O3S. The summed E-state index contributed by atoms with van der Waals surface area (Å²) in [5.41, 5.74) is 0. The third-order valence-corrected chi connectivity index (χ3v) is 6.58. The third kappa shape index (κ3) is 5.30. The Kier molecular flexibility index (Phi) is 7.53.